The van der Waals surface area contributed by atoms with Gasteiger partial charge in [0, 0.05) is 17.0 Å². The lowest BCUT2D eigenvalue weighted by atomic mass is 10.0. The van der Waals surface area contributed by atoms with Gasteiger partial charge in [0.05, 0.1) is 6.10 Å². The van der Waals surface area contributed by atoms with Crippen molar-refractivity contribution in [3.63, 3.8) is 0 Å². The summed E-state index contributed by atoms with van der Waals surface area (Å²) in [7, 11) is 0. The number of benzene rings is 2. The number of carbonyl (C=O) groups is 1. The van der Waals surface area contributed by atoms with Crippen LogP contribution in [0.4, 0.5) is 0 Å². The number of aliphatic hydroxyl groups is 1. The Labute approximate surface area is 157 Å². The third kappa shape index (κ3) is 4.63. The van der Waals surface area contributed by atoms with Gasteiger partial charge in [-0.3, -0.25) is 4.79 Å². The summed E-state index contributed by atoms with van der Waals surface area (Å²) in [6.45, 7) is 2.25. The first-order valence-corrected chi connectivity index (χ1v) is 9.07. The normalized spacial score (nSPS) is 12.1. The van der Waals surface area contributed by atoms with Gasteiger partial charge in [-0.05, 0) is 24.6 Å². The number of carbonyl (C=O) groups excluding carboxylic acids is 1. The molecule has 0 aliphatic carbocycles. The van der Waals surface area contributed by atoms with E-state index in [1.807, 2.05) is 0 Å². The topological polar surface area (TPSA) is 76.7 Å². The number of hydrogen-bond acceptors (Lipinski definition) is 5. The summed E-state index contributed by atoms with van der Waals surface area (Å²) in [5, 5.41) is 10.5. The number of aliphatic hydroxyl groups excluding tert-OH is 1. The zero-order valence-corrected chi connectivity index (χ0v) is 15.2. The SMILES string of the molecule is CCCCC(O)COc1ccc2cc(C(=O)c3ccccc3)c(=O)oc2c1. The number of hydrogen-bond donors (Lipinski definition) is 1. The average molecular weight is 366 g/mol. The van der Waals surface area contributed by atoms with Gasteiger partial charge in [-0.15, -0.1) is 0 Å². The molecule has 0 aliphatic heterocycles. The Morgan fingerprint density at radius 2 is 1.93 bits per heavy atom. The van der Waals surface area contributed by atoms with Crippen molar-refractivity contribution in [3.8, 4) is 5.75 Å². The Bertz CT molecular complexity index is 975. The summed E-state index contributed by atoms with van der Waals surface area (Å²) in [6.07, 6.45) is 2.11. The smallest absolute Gasteiger partial charge is 0.347 e. The first-order valence-electron chi connectivity index (χ1n) is 9.07. The van der Waals surface area contributed by atoms with E-state index < -0.39 is 11.7 Å². The van der Waals surface area contributed by atoms with Crippen LogP contribution in [-0.2, 0) is 0 Å². The summed E-state index contributed by atoms with van der Waals surface area (Å²) in [6, 6.07) is 15.2. The van der Waals surface area contributed by atoms with Gasteiger partial charge in [0.25, 0.3) is 0 Å². The molecule has 3 rings (SSSR count). The van der Waals surface area contributed by atoms with Gasteiger partial charge in [-0.2, -0.15) is 0 Å². The van der Waals surface area contributed by atoms with E-state index in [0.717, 1.165) is 12.8 Å². The van der Waals surface area contributed by atoms with Crippen molar-refractivity contribution in [1.82, 2.24) is 0 Å². The predicted molar refractivity (Wildman–Crippen MR) is 103 cm³/mol. The van der Waals surface area contributed by atoms with Crippen LogP contribution >= 0.6 is 0 Å². The number of rotatable bonds is 8. The van der Waals surface area contributed by atoms with E-state index in [-0.39, 0.29) is 18.0 Å². The maximum absolute atomic E-state index is 12.5. The van der Waals surface area contributed by atoms with Crippen molar-refractivity contribution < 1.29 is 19.1 Å². The molecule has 27 heavy (non-hydrogen) atoms. The molecule has 1 N–H and O–H groups in total. The molecule has 0 fully saturated rings. The maximum atomic E-state index is 12.5. The first kappa shape index (κ1) is 18.9. The van der Waals surface area contributed by atoms with Gasteiger partial charge >= 0.3 is 5.63 Å². The van der Waals surface area contributed by atoms with Gasteiger partial charge < -0.3 is 14.3 Å². The Hall–Kier alpha value is -2.92. The molecule has 0 spiro atoms. The lowest BCUT2D eigenvalue weighted by Crippen LogP contribution is -2.17. The fourth-order valence-electron chi connectivity index (χ4n) is 2.80. The number of unbranched alkanes of at least 4 members (excludes halogenated alkanes) is 1. The number of ether oxygens (including phenoxy) is 1. The summed E-state index contributed by atoms with van der Waals surface area (Å²) >= 11 is 0. The van der Waals surface area contributed by atoms with Crippen LogP contribution in [0, 0.1) is 0 Å². The van der Waals surface area contributed by atoms with Crippen LogP contribution in [0.1, 0.15) is 42.1 Å². The van der Waals surface area contributed by atoms with E-state index in [9.17, 15) is 14.7 Å². The summed E-state index contributed by atoms with van der Waals surface area (Å²) in [4.78, 5) is 24.8. The molecule has 5 heteroatoms. The second-order valence-corrected chi connectivity index (χ2v) is 6.45. The van der Waals surface area contributed by atoms with E-state index in [2.05, 4.69) is 6.92 Å². The molecular formula is C22H22O5. The molecular weight excluding hydrogens is 344 g/mol. The highest BCUT2D eigenvalue weighted by Gasteiger charge is 2.16. The summed E-state index contributed by atoms with van der Waals surface area (Å²) in [5.74, 6) is 0.133. The third-order valence-electron chi connectivity index (χ3n) is 4.32. The van der Waals surface area contributed by atoms with E-state index in [1.165, 1.54) is 6.07 Å². The lowest BCUT2D eigenvalue weighted by Gasteiger charge is -2.12. The minimum absolute atomic E-state index is 0.00245. The van der Waals surface area contributed by atoms with Crippen LogP contribution < -0.4 is 10.4 Å². The zero-order chi connectivity index (χ0) is 19.2. The molecule has 1 aromatic heterocycles. The van der Waals surface area contributed by atoms with Crippen LogP contribution in [0.3, 0.4) is 0 Å². The van der Waals surface area contributed by atoms with Crippen LogP contribution in [0.2, 0.25) is 0 Å². The second kappa shape index (κ2) is 8.64. The van der Waals surface area contributed by atoms with E-state index in [4.69, 9.17) is 9.15 Å². The summed E-state index contributed by atoms with van der Waals surface area (Å²) in [5.41, 5.74) is 0.0872. The highest BCUT2D eigenvalue weighted by Crippen LogP contribution is 2.22. The third-order valence-corrected chi connectivity index (χ3v) is 4.32. The molecule has 5 nitrogen and oxygen atoms in total. The fraction of sp³-hybridized carbons (Fsp3) is 0.273. The predicted octanol–water partition coefficient (Wildman–Crippen LogP) is 3.95. The molecule has 2 aromatic carbocycles. The molecule has 0 amide bonds. The Morgan fingerprint density at radius 3 is 2.67 bits per heavy atom. The van der Waals surface area contributed by atoms with Crippen LogP contribution in [0.15, 0.2) is 63.8 Å². The van der Waals surface area contributed by atoms with Crippen molar-refractivity contribution in [2.75, 3.05) is 6.61 Å². The van der Waals surface area contributed by atoms with Gasteiger partial charge in [0.2, 0.25) is 0 Å². The van der Waals surface area contributed by atoms with Crippen LogP contribution in [-0.4, -0.2) is 23.6 Å². The first-order chi connectivity index (χ1) is 13.1. The highest BCUT2D eigenvalue weighted by molar-refractivity contribution is 6.09. The molecule has 3 aromatic rings. The Kier molecular flexibility index (Phi) is 6.04. The van der Waals surface area contributed by atoms with Gasteiger partial charge in [0.15, 0.2) is 5.78 Å². The molecule has 0 aliphatic rings. The second-order valence-electron chi connectivity index (χ2n) is 6.45. The van der Waals surface area contributed by atoms with E-state index in [1.54, 1.807) is 48.5 Å². The largest absolute Gasteiger partial charge is 0.491 e. The van der Waals surface area contributed by atoms with Crippen LogP contribution in [0.25, 0.3) is 11.0 Å². The monoisotopic (exact) mass is 366 g/mol. The fourth-order valence-corrected chi connectivity index (χ4v) is 2.80. The van der Waals surface area contributed by atoms with E-state index in [0.29, 0.717) is 28.7 Å². The van der Waals surface area contributed by atoms with Crippen molar-refractivity contribution >= 4 is 16.8 Å². The van der Waals surface area contributed by atoms with Crippen LogP contribution in [0.5, 0.6) is 5.75 Å². The standard InChI is InChI=1S/C22H22O5/c1-2-3-9-17(23)14-26-18-11-10-16-12-19(22(25)27-20(16)13-18)21(24)15-7-5-4-6-8-15/h4-8,10-13,17,23H,2-3,9,14H2,1H3. The molecule has 0 radical (unpaired) electrons. The van der Waals surface area contributed by atoms with E-state index >= 15 is 0 Å². The molecule has 0 bridgehead atoms. The Morgan fingerprint density at radius 1 is 1.15 bits per heavy atom. The molecule has 0 saturated carbocycles. The van der Waals surface area contributed by atoms with Gasteiger partial charge in [0.1, 0.15) is 23.5 Å². The average Bonchev–Trinajstić information content (AvgIpc) is 2.70. The molecule has 1 heterocycles. The minimum Gasteiger partial charge on any atom is -0.491 e. The number of ketones is 1. The van der Waals surface area contributed by atoms with Gasteiger partial charge in [-0.1, -0.05) is 50.1 Å². The van der Waals surface area contributed by atoms with Crippen molar-refractivity contribution in [2.45, 2.75) is 32.3 Å². The number of fused-ring (bicyclic) bond motifs is 1. The highest BCUT2D eigenvalue weighted by atomic mass is 16.5. The van der Waals surface area contributed by atoms with Crippen molar-refractivity contribution in [3.05, 3.63) is 76.1 Å². The quantitative estimate of drug-likeness (QED) is 0.482. The molecule has 0 saturated heterocycles. The summed E-state index contributed by atoms with van der Waals surface area (Å²) < 4.78 is 10.9. The molecule has 1 atom stereocenters. The van der Waals surface area contributed by atoms with Crippen molar-refractivity contribution in [2.24, 2.45) is 0 Å². The lowest BCUT2D eigenvalue weighted by molar-refractivity contribution is 0.0980. The minimum atomic E-state index is -0.684. The van der Waals surface area contributed by atoms with Gasteiger partial charge in [-0.25, -0.2) is 4.79 Å². The van der Waals surface area contributed by atoms with Crippen molar-refractivity contribution in [1.29, 1.82) is 0 Å². The zero-order valence-electron chi connectivity index (χ0n) is 15.2. The Balaban J connectivity index is 1.81. The molecule has 1 unspecified atom stereocenters. The molecule has 140 valence electrons. The maximum Gasteiger partial charge on any atom is 0.347 e.